The minimum atomic E-state index is -0.329. The molecule has 3 amide bonds. The van der Waals surface area contributed by atoms with E-state index in [1.165, 1.54) is 0 Å². The Morgan fingerprint density at radius 3 is 2.21 bits per heavy atom. The summed E-state index contributed by atoms with van der Waals surface area (Å²) in [4.78, 5) is 24.1. The smallest absolute Gasteiger partial charge is 0.319 e. The lowest BCUT2D eigenvalue weighted by Gasteiger charge is -2.13. The SMILES string of the molecule is CC(C)CC(=O)Nc1ccc(NC(=O)N[C@@H](C)c2cc3ccccc3o2)cc1. The average molecular weight is 379 g/mol. The molecule has 146 valence electrons. The Labute approximate surface area is 164 Å². The van der Waals surface area contributed by atoms with Crippen LogP contribution in [0.2, 0.25) is 0 Å². The second-order valence-corrected chi connectivity index (χ2v) is 7.23. The molecule has 2 aromatic carbocycles. The number of urea groups is 1. The molecule has 3 rings (SSSR count). The van der Waals surface area contributed by atoms with Gasteiger partial charge < -0.3 is 20.4 Å². The van der Waals surface area contributed by atoms with E-state index >= 15 is 0 Å². The summed E-state index contributed by atoms with van der Waals surface area (Å²) < 4.78 is 5.78. The zero-order valence-corrected chi connectivity index (χ0v) is 16.3. The van der Waals surface area contributed by atoms with Crippen LogP contribution < -0.4 is 16.0 Å². The summed E-state index contributed by atoms with van der Waals surface area (Å²) in [5.41, 5.74) is 2.13. The monoisotopic (exact) mass is 379 g/mol. The first kappa shape index (κ1) is 19.5. The summed E-state index contributed by atoms with van der Waals surface area (Å²) in [6, 6.07) is 16.1. The Morgan fingerprint density at radius 1 is 0.929 bits per heavy atom. The Bertz CT molecular complexity index is 928. The van der Waals surface area contributed by atoms with E-state index in [-0.39, 0.29) is 18.0 Å². The van der Waals surface area contributed by atoms with E-state index < -0.39 is 0 Å². The van der Waals surface area contributed by atoms with Crippen molar-refractivity contribution in [2.75, 3.05) is 10.6 Å². The zero-order chi connectivity index (χ0) is 20.1. The number of para-hydroxylation sites is 1. The second kappa shape index (κ2) is 8.61. The highest BCUT2D eigenvalue weighted by atomic mass is 16.3. The molecule has 0 radical (unpaired) electrons. The van der Waals surface area contributed by atoms with Crippen LogP contribution in [-0.2, 0) is 4.79 Å². The predicted molar refractivity (Wildman–Crippen MR) is 111 cm³/mol. The van der Waals surface area contributed by atoms with Gasteiger partial charge in [0.05, 0.1) is 6.04 Å². The number of hydrogen-bond donors (Lipinski definition) is 3. The van der Waals surface area contributed by atoms with Crippen molar-refractivity contribution in [1.29, 1.82) is 0 Å². The van der Waals surface area contributed by atoms with Gasteiger partial charge in [-0.1, -0.05) is 32.0 Å². The number of benzene rings is 2. The van der Waals surface area contributed by atoms with Gasteiger partial charge in [-0.2, -0.15) is 0 Å². The number of furan rings is 1. The van der Waals surface area contributed by atoms with Crippen LogP contribution in [0.3, 0.4) is 0 Å². The molecule has 0 aliphatic rings. The summed E-state index contributed by atoms with van der Waals surface area (Å²) in [6.07, 6.45) is 0.474. The zero-order valence-electron chi connectivity index (χ0n) is 16.3. The minimum absolute atomic E-state index is 0.0203. The lowest BCUT2D eigenvalue weighted by atomic mass is 10.1. The molecule has 3 aromatic rings. The fraction of sp³-hybridized carbons (Fsp3) is 0.273. The van der Waals surface area contributed by atoms with Crippen molar-refractivity contribution in [2.24, 2.45) is 5.92 Å². The van der Waals surface area contributed by atoms with Crippen molar-refractivity contribution < 1.29 is 14.0 Å². The number of nitrogens with one attached hydrogen (secondary N) is 3. The number of anilines is 2. The fourth-order valence-electron chi connectivity index (χ4n) is 2.87. The Kier molecular flexibility index (Phi) is 5.99. The van der Waals surface area contributed by atoms with Gasteiger partial charge in [0.15, 0.2) is 0 Å². The van der Waals surface area contributed by atoms with Crippen molar-refractivity contribution >= 4 is 34.3 Å². The number of carbonyl (C=O) groups is 2. The normalized spacial score (nSPS) is 12.0. The van der Waals surface area contributed by atoms with E-state index in [4.69, 9.17) is 4.42 Å². The molecule has 0 aliphatic carbocycles. The summed E-state index contributed by atoms with van der Waals surface area (Å²) in [7, 11) is 0. The summed E-state index contributed by atoms with van der Waals surface area (Å²) >= 11 is 0. The predicted octanol–water partition coefficient (Wildman–Crippen LogP) is 5.30. The summed E-state index contributed by atoms with van der Waals surface area (Å²) in [5, 5.41) is 9.49. The average Bonchev–Trinajstić information content (AvgIpc) is 3.07. The maximum absolute atomic E-state index is 12.3. The van der Waals surface area contributed by atoms with Crippen LogP contribution in [-0.4, -0.2) is 11.9 Å². The first-order valence-corrected chi connectivity index (χ1v) is 9.36. The molecule has 28 heavy (non-hydrogen) atoms. The van der Waals surface area contributed by atoms with E-state index in [0.717, 1.165) is 11.0 Å². The van der Waals surface area contributed by atoms with Crippen LogP contribution in [0.25, 0.3) is 11.0 Å². The fourth-order valence-corrected chi connectivity index (χ4v) is 2.87. The van der Waals surface area contributed by atoms with Crippen molar-refractivity contribution in [2.45, 2.75) is 33.2 Å². The van der Waals surface area contributed by atoms with Crippen LogP contribution >= 0.6 is 0 Å². The molecular formula is C22H25N3O3. The molecule has 1 aromatic heterocycles. The van der Waals surface area contributed by atoms with Gasteiger partial charge >= 0.3 is 6.03 Å². The summed E-state index contributed by atoms with van der Waals surface area (Å²) in [5.74, 6) is 0.978. The van der Waals surface area contributed by atoms with Gasteiger partial charge in [-0.25, -0.2) is 4.79 Å². The Balaban J connectivity index is 1.54. The van der Waals surface area contributed by atoms with Gasteiger partial charge in [-0.15, -0.1) is 0 Å². The molecule has 0 unspecified atom stereocenters. The van der Waals surface area contributed by atoms with Crippen LogP contribution in [0.4, 0.5) is 16.2 Å². The van der Waals surface area contributed by atoms with E-state index in [0.29, 0.717) is 29.5 Å². The molecule has 0 aliphatic heterocycles. The number of rotatable bonds is 6. The molecule has 0 saturated heterocycles. The third-order valence-corrected chi connectivity index (χ3v) is 4.24. The number of fused-ring (bicyclic) bond motifs is 1. The molecule has 0 bridgehead atoms. The van der Waals surface area contributed by atoms with E-state index in [2.05, 4.69) is 16.0 Å². The van der Waals surface area contributed by atoms with Crippen molar-refractivity contribution in [3.63, 3.8) is 0 Å². The molecule has 1 heterocycles. The highest BCUT2D eigenvalue weighted by Gasteiger charge is 2.14. The highest BCUT2D eigenvalue weighted by Crippen LogP contribution is 2.23. The van der Waals surface area contributed by atoms with Gasteiger partial charge in [0, 0.05) is 23.2 Å². The van der Waals surface area contributed by atoms with Crippen LogP contribution in [0.5, 0.6) is 0 Å². The van der Waals surface area contributed by atoms with E-state index in [1.54, 1.807) is 24.3 Å². The third-order valence-electron chi connectivity index (χ3n) is 4.24. The van der Waals surface area contributed by atoms with Crippen LogP contribution in [0.15, 0.2) is 59.0 Å². The largest absolute Gasteiger partial charge is 0.459 e. The molecule has 1 atom stereocenters. The topological polar surface area (TPSA) is 83.4 Å². The lowest BCUT2D eigenvalue weighted by molar-refractivity contribution is -0.116. The number of amides is 3. The maximum Gasteiger partial charge on any atom is 0.319 e. The van der Waals surface area contributed by atoms with Crippen molar-refractivity contribution in [3.05, 3.63) is 60.4 Å². The van der Waals surface area contributed by atoms with Gasteiger partial charge in [0.25, 0.3) is 0 Å². The Hall–Kier alpha value is -3.28. The van der Waals surface area contributed by atoms with Gasteiger partial charge in [0.1, 0.15) is 11.3 Å². The Morgan fingerprint density at radius 2 is 1.57 bits per heavy atom. The molecule has 3 N–H and O–H groups in total. The van der Waals surface area contributed by atoms with Crippen molar-refractivity contribution in [1.82, 2.24) is 5.32 Å². The summed E-state index contributed by atoms with van der Waals surface area (Å²) in [6.45, 7) is 5.86. The molecule has 6 nitrogen and oxygen atoms in total. The van der Waals surface area contributed by atoms with Crippen LogP contribution in [0.1, 0.15) is 39.0 Å². The molecule has 0 spiro atoms. The first-order chi connectivity index (χ1) is 13.4. The van der Waals surface area contributed by atoms with Gasteiger partial charge in [-0.3, -0.25) is 4.79 Å². The molecule has 6 heteroatoms. The first-order valence-electron chi connectivity index (χ1n) is 9.36. The van der Waals surface area contributed by atoms with Crippen LogP contribution in [0, 0.1) is 5.92 Å². The second-order valence-electron chi connectivity index (χ2n) is 7.23. The minimum Gasteiger partial charge on any atom is -0.459 e. The van der Waals surface area contributed by atoms with Gasteiger partial charge in [0.2, 0.25) is 5.91 Å². The quantitative estimate of drug-likeness (QED) is 0.543. The lowest BCUT2D eigenvalue weighted by Crippen LogP contribution is -2.30. The number of hydrogen-bond acceptors (Lipinski definition) is 3. The molecule has 0 fully saturated rings. The van der Waals surface area contributed by atoms with Crippen molar-refractivity contribution in [3.8, 4) is 0 Å². The van der Waals surface area contributed by atoms with E-state index in [9.17, 15) is 9.59 Å². The van der Waals surface area contributed by atoms with E-state index in [1.807, 2.05) is 51.1 Å². The maximum atomic E-state index is 12.3. The molecular weight excluding hydrogens is 354 g/mol. The highest BCUT2D eigenvalue weighted by molar-refractivity contribution is 5.92. The third kappa shape index (κ3) is 5.13. The standard InChI is InChI=1S/C22H25N3O3/c1-14(2)12-21(26)24-17-8-10-18(11-9-17)25-22(27)23-15(3)20-13-16-6-4-5-7-19(16)28-20/h4-11,13-15H,12H2,1-3H3,(H,24,26)(H2,23,25,27)/t15-/m0/s1. The van der Waals surface area contributed by atoms with Gasteiger partial charge in [-0.05, 0) is 49.2 Å². The number of carbonyl (C=O) groups excluding carboxylic acids is 2. The molecule has 0 saturated carbocycles.